The van der Waals surface area contributed by atoms with E-state index in [1.54, 1.807) is 6.08 Å². The molecule has 0 aromatic rings. The largest absolute Gasteiger partial charge is 0.206 e. The van der Waals surface area contributed by atoms with Crippen LogP contribution >= 0.6 is 0 Å². The van der Waals surface area contributed by atoms with Gasteiger partial charge in [0.1, 0.15) is 5.83 Å². The van der Waals surface area contributed by atoms with Gasteiger partial charge in [0.2, 0.25) is 0 Å². The van der Waals surface area contributed by atoms with Crippen molar-refractivity contribution in [3.63, 3.8) is 0 Å². The van der Waals surface area contributed by atoms with Crippen LogP contribution in [0.3, 0.4) is 0 Å². The van der Waals surface area contributed by atoms with Crippen LogP contribution in [-0.2, 0) is 0 Å². The molecule has 0 saturated carbocycles. The normalized spacial score (nSPS) is 14.8. The maximum absolute atomic E-state index is 14.5. The number of unbranched alkanes of at least 4 members (excludes halogenated alkanes) is 2. The van der Waals surface area contributed by atoms with Gasteiger partial charge >= 0.3 is 0 Å². The van der Waals surface area contributed by atoms with E-state index in [-0.39, 0.29) is 5.83 Å². The summed E-state index contributed by atoms with van der Waals surface area (Å²) >= 11 is 0. The molecule has 140 valence electrons. The lowest BCUT2D eigenvalue weighted by atomic mass is 9.91. The summed E-state index contributed by atoms with van der Waals surface area (Å²) in [7, 11) is 0. The van der Waals surface area contributed by atoms with Crippen LogP contribution in [0.2, 0.25) is 0 Å². The summed E-state index contributed by atoms with van der Waals surface area (Å²) in [6.07, 6.45) is 17.1. The van der Waals surface area contributed by atoms with E-state index in [4.69, 9.17) is 0 Å². The van der Waals surface area contributed by atoms with Crippen LogP contribution in [-0.4, -0.2) is 0 Å². The van der Waals surface area contributed by atoms with Crippen molar-refractivity contribution in [1.29, 1.82) is 0 Å². The van der Waals surface area contributed by atoms with Gasteiger partial charge in [-0.2, -0.15) is 0 Å². The molecule has 0 fully saturated rings. The molecule has 0 radical (unpaired) electrons. The van der Waals surface area contributed by atoms with Crippen molar-refractivity contribution in [3.05, 3.63) is 96.0 Å². The molecule has 1 aliphatic carbocycles. The van der Waals surface area contributed by atoms with Gasteiger partial charge in [0.15, 0.2) is 0 Å². The molecule has 26 heavy (non-hydrogen) atoms. The number of hydrogen-bond acceptors (Lipinski definition) is 0. The van der Waals surface area contributed by atoms with Crippen molar-refractivity contribution >= 4 is 0 Å². The molecule has 0 bridgehead atoms. The number of allylic oxidation sites excluding steroid dienone is 12. The summed E-state index contributed by atoms with van der Waals surface area (Å²) < 4.78 is 14.5. The third-order valence-electron chi connectivity index (χ3n) is 4.70. The maximum Gasteiger partial charge on any atom is 0.130 e. The molecule has 0 nitrogen and oxygen atoms in total. The Morgan fingerprint density at radius 3 is 2.35 bits per heavy atom. The Kier molecular flexibility index (Phi) is 9.65. The first-order valence-corrected chi connectivity index (χ1v) is 9.58. The molecule has 1 heteroatoms. The van der Waals surface area contributed by atoms with E-state index in [9.17, 15) is 4.39 Å². The SMILES string of the molecule is C=C(/C=C\C(=C)C(=C)/C(F)=C\C(=C)C1=CC=C(CCCCC)CC1)CC. The average Bonchev–Trinajstić information content (AvgIpc) is 2.65. The second kappa shape index (κ2) is 11.5. The lowest BCUT2D eigenvalue weighted by molar-refractivity contribution is 0.655. The quantitative estimate of drug-likeness (QED) is 0.259. The van der Waals surface area contributed by atoms with Crippen LogP contribution in [0.5, 0.6) is 0 Å². The molecule has 0 aromatic carbocycles. The van der Waals surface area contributed by atoms with Crippen LogP contribution in [0.25, 0.3) is 0 Å². The van der Waals surface area contributed by atoms with E-state index >= 15 is 0 Å². The lowest BCUT2D eigenvalue weighted by Gasteiger charge is -2.15. The Hall–Kier alpha value is -2.15. The first kappa shape index (κ1) is 21.9. The molecule has 1 aliphatic rings. The summed E-state index contributed by atoms with van der Waals surface area (Å²) in [4.78, 5) is 0. The van der Waals surface area contributed by atoms with Crippen molar-refractivity contribution in [3.8, 4) is 0 Å². The fraction of sp³-hybridized carbons (Fsp3) is 0.360. The van der Waals surface area contributed by atoms with Crippen molar-refractivity contribution in [2.45, 2.75) is 58.8 Å². The minimum atomic E-state index is -0.384. The highest BCUT2D eigenvalue weighted by Crippen LogP contribution is 2.29. The second-order valence-electron chi connectivity index (χ2n) is 6.84. The van der Waals surface area contributed by atoms with Gasteiger partial charge < -0.3 is 0 Å². The molecule has 0 aromatic heterocycles. The summed E-state index contributed by atoms with van der Waals surface area (Å²) in [6, 6.07) is 0. The smallest absolute Gasteiger partial charge is 0.130 e. The summed E-state index contributed by atoms with van der Waals surface area (Å²) in [5.41, 5.74) is 5.10. The highest BCUT2D eigenvalue weighted by Gasteiger charge is 2.10. The third kappa shape index (κ3) is 7.39. The zero-order chi connectivity index (χ0) is 19.5. The molecule has 0 amide bonds. The van der Waals surface area contributed by atoms with Gasteiger partial charge in [-0.15, -0.1) is 0 Å². The van der Waals surface area contributed by atoms with Crippen LogP contribution in [0.4, 0.5) is 4.39 Å². The molecule has 0 N–H and O–H groups in total. The number of rotatable bonds is 11. The Bertz CT molecular complexity index is 677. The van der Waals surface area contributed by atoms with Crippen molar-refractivity contribution in [2.24, 2.45) is 0 Å². The Balaban J connectivity index is 2.70. The number of halogens is 1. The van der Waals surface area contributed by atoms with Crippen molar-refractivity contribution < 1.29 is 4.39 Å². The van der Waals surface area contributed by atoms with Crippen molar-refractivity contribution in [2.75, 3.05) is 0 Å². The van der Waals surface area contributed by atoms with Crippen LogP contribution < -0.4 is 0 Å². The lowest BCUT2D eigenvalue weighted by Crippen LogP contribution is -1.96. The van der Waals surface area contributed by atoms with Crippen LogP contribution in [0, 0.1) is 0 Å². The van der Waals surface area contributed by atoms with E-state index in [0.717, 1.165) is 30.4 Å². The van der Waals surface area contributed by atoms with E-state index < -0.39 is 0 Å². The number of hydrogen-bond donors (Lipinski definition) is 0. The van der Waals surface area contributed by atoms with Gasteiger partial charge in [0.25, 0.3) is 0 Å². The molecule has 1 rings (SSSR count). The highest BCUT2D eigenvalue weighted by molar-refractivity contribution is 5.52. The standard InChI is InChI=1S/C25H33F/c1-7-9-10-11-23-14-16-24(17-15-23)21(5)18-25(26)22(6)20(4)13-12-19(3)8-2/h12-14,16,18H,3-11,15,17H2,1-2H3/b13-12-,25-18+. The first-order chi connectivity index (χ1) is 12.4. The van der Waals surface area contributed by atoms with Gasteiger partial charge in [-0.05, 0) is 54.9 Å². The molecule has 0 saturated heterocycles. The second-order valence-corrected chi connectivity index (χ2v) is 6.84. The Morgan fingerprint density at radius 2 is 1.77 bits per heavy atom. The van der Waals surface area contributed by atoms with E-state index in [1.807, 2.05) is 13.0 Å². The molecule has 0 aliphatic heterocycles. The minimum absolute atomic E-state index is 0.290. The van der Waals surface area contributed by atoms with Gasteiger partial charge in [-0.3, -0.25) is 0 Å². The fourth-order valence-corrected chi connectivity index (χ4v) is 2.68. The van der Waals surface area contributed by atoms with E-state index in [1.165, 1.54) is 37.3 Å². The monoisotopic (exact) mass is 352 g/mol. The highest BCUT2D eigenvalue weighted by atomic mass is 19.1. The average molecular weight is 353 g/mol. The predicted molar refractivity (Wildman–Crippen MR) is 115 cm³/mol. The van der Waals surface area contributed by atoms with Crippen LogP contribution in [0.1, 0.15) is 58.8 Å². The molecule has 0 heterocycles. The summed E-state index contributed by atoms with van der Waals surface area (Å²) in [5, 5.41) is 0. The summed E-state index contributed by atoms with van der Waals surface area (Å²) in [6.45, 7) is 19.9. The molecule has 0 atom stereocenters. The summed E-state index contributed by atoms with van der Waals surface area (Å²) in [5.74, 6) is -0.384. The Labute approximate surface area is 159 Å². The molecular formula is C25H33F. The topological polar surface area (TPSA) is 0 Å². The van der Waals surface area contributed by atoms with Gasteiger partial charge in [0.05, 0.1) is 0 Å². The minimum Gasteiger partial charge on any atom is -0.206 e. The zero-order valence-electron chi connectivity index (χ0n) is 16.5. The fourth-order valence-electron chi connectivity index (χ4n) is 2.68. The van der Waals surface area contributed by atoms with Gasteiger partial charge in [-0.1, -0.05) is 88.5 Å². The zero-order valence-corrected chi connectivity index (χ0v) is 16.5. The molecule has 0 unspecified atom stereocenters. The first-order valence-electron chi connectivity index (χ1n) is 9.58. The van der Waals surface area contributed by atoms with Gasteiger partial charge in [-0.25, -0.2) is 4.39 Å². The van der Waals surface area contributed by atoms with Gasteiger partial charge in [0, 0.05) is 5.57 Å². The van der Waals surface area contributed by atoms with Crippen molar-refractivity contribution in [1.82, 2.24) is 0 Å². The third-order valence-corrected chi connectivity index (χ3v) is 4.70. The predicted octanol–water partition coefficient (Wildman–Crippen LogP) is 8.26. The molecular weight excluding hydrogens is 319 g/mol. The van der Waals surface area contributed by atoms with E-state index in [0.29, 0.717) is 16.7 Å². The Morgan fingerprint density at radius 1 is 1.04 bits per heavy atom. The van der Waals surface area contributed by atoms with E-state index in [2.05, 4.69) is 45.4 Å². The maximum atomic E-state index is 14.5. The molecule has 0 spiro atoms. The van der Waals surface area contributed by atoms with Crippen LogP contribution in [0.15, 0.2) is 96.0 Å².